The Morgan fingerprint density at radius 2 is 0.527 bits per heavy atom. The lowest BCUT2D eigenvalue weighted by Gasteiger charge is -2.16. The lowest BCUT2D eigenvalue weighted by atomic mass is 9.95. The van der Waals surface area contributed by atoms with Crippen molar-refractivity contribution < 1.29 is 26.3 Å². The number of alkyl halides is 2. The summed E-state index contributed by atoms with van der Waals surface area (Å²) in [5.74, 6) is -6.84. The quantitative estimate of drug-likeness (QED) is 0.0470. The molecule has 24 aromatic rings. The lowest BCUT2D eigenvalue weighted by molar-refractivity contribution is 0.151. The second-order valence-electron chi connectivity index (χ2n) is 34.5. The van der Waals surface area contributed by atoms with Gasteiger partial charge in [-0.2, -0.15) is 5.26 Å². The molecule has 0 radical (unpaired) electrons. The Labute approximate surface area is 831 Å². The molecule has 0 fully saturated rings. The fraction of sp³-hybridized carbons (Fsp3) is 0.0160. The second kappa shape index (κ2) is 38.4. The van der Waals surface area contributed by atoms with Crippen LogP contribution in [0.5, 0.6) is 0 Å². The number of aromatic nitrogens is 9. The van der Waals surface area contributed by atoms with Crippen LogP contribution in [-0.4, -0.2) is 44.9 Å². The number of nitriles is 1. The number of rotatable bonds is 13. The van der Waals surface area contributed by atoms with Gasteiger partial charge in [-0.3, -0.25) is 15.0 Å². The molecule has 684 valence electrons. The van der Waals surface area contributed by atoms with Gasteiger partial charge in [-0.15, -0.1) is 0 Å². The molecule has 18 aromatic carbocycles. The molecule has 0 bridgehead atoms. The van der Waals surface area contributed by atoms with Crippen molar-refractivity contribution in [2.24, 2.45) is 0 Å². The Hall–Kier alpha value is -20.5. The van der Waals surface area contributed by atoms with Crippen molar-refractivity contribution in [3.8, 4) is 141 Å². The summed E-state index contributed by atoms with van der Waals surface area (Å²) in [6.45, 7) is 40.7. The molecule has 0 aliphatic carbocycles. The van der Waals surface area contributed by atoms with E-state index in [1.807, 2.05) is 328 Å². The van der Waals surface area contributed by atoms with Crippen LogP contribution in [0, 0.1) is 74.4 Å². The van der Waals surface area contributed by atoms with E-state index in [2.05, 4.69) is 30.3 Å². The minimum absolute atomic E-state index is 0.00113. The molecule has 0 atom stereocenters. The molecule has 0 aliphatic rings. The molecule has 0 aliphatic heterocycles. The highest BCUT2D eigenvalue weighted by Gasteiger charge is 2.30. The summed E-state index contributed by atoms with van der Waals surface area (Å²) in [7, 11) is 0. The van der Waals surface area contributed by atoms with Gasteiger partial charge in [-0.05, 0) is 95.4 Å². The number of para-hydroxylation sites is 3. The first kappa shape index (κ1) is 90.6. The molecule has 0 saturated heterocycles. The van der Waals surface area contributed by atoms with Crippen molar-refractivity contribution in [2.45, 2.75) is 13.3 Å². The van der Waals surface area contributed by atoms with Gasteiger partial charge in [0, 0.05) is 110 Å². The number of halogens is 6. The zero-order valence-corrected chi connectivity index (χ0v) is 76.9. The van der Waals surface area contributed by atoms with Gasteiger partial charge in [0.25, 0.3) is 12.1 Å². The molecule has 6 heterocycles. The largest absolute Gasteiger partial charge is 0.263 e. The van der Waals surface area contributed by atoms with E-state index >= 15 is 0 Å². The number of fused-ring (bicyclic) bond motifs is 15. The first-order chi connectivity index (χ1) is 71.5. The van der Waals surface area contributed by atoms with Crippen molar-refractivity contribution >= 4 is 127 Å². The van der Waals surface area contributed by atoms with Crippen molar-refractivity contribution in [1.29, 1.82) is 5.26 Å². The van der Waals surface area contributed by atoms with Gasteiger partial charge >= 0.3 is 0 Å². The van der Waals surface area contributed by atoms with Crippen molar-refractivity contribution in [3.63, 3.8) is 0 Å². The normalized spacial score (nSPS) is 11.1. The topological polar surface area (TPSA) is 162 Å². The maximum Gasteiger partial charge on any atom is 0.263 e. The molecule has 0 spiro atoms. The number of pyridine rings is 3. The van der Waals surface area contributed by atoms with Gasteiger partial charge in [0.05, 0.1) is 145 Å². The molecule has 0 amide bonds. The van der Waals surface area contributed by atoms with Gasteiger partial charge in [0.15, 0.2) is 29.0 Å². The maximum absolute atomic E-state index is 14.9. The summed E-state index contributed by atoms with van der Waals surface area (Å²) < 4.78 is 85.9. The fourth-order valence-electron chi connectivity index (χ4n) is 19.0. The maximum atomic E-state index is 14.9. The first-order valence-corrected chi connectivity index (χ1v) is 46.1. The highest BCUT2D eigenvalue weighted by Crippen LogP contribution is 2.50. The average Bonchev–Trinajstić information content (AvgIpc) is 0.727. The number of nitrogens with zero attached hydrogens (tertiary/aromatic N) is 15. The molecular formula is C125H67F6N15. The molecule has 24 rings (SSSR count). The van der Waals surface area contributed by atoms with Crippen LogP contribution < -0.4 is 0 Å². The van der Waals surface area contributed by atoms with Crippen LogP contribution in [0.4, 0.5) is 54.8 Å². The third-order valence-electron chi connectivity index (χ3n) is 25.7. The lowest BCUT2D eigenvalue weighted by Crippen LogP contribution is -2.00. The van der Waals surface area contributed by atoms with Crippen LogP contribution in [0.3, 0.4) is 0 Å². The Balaban J connectivity index is 0.000000125. The van der Waals surface area contributed by atoms with E-state index in [4.69, 9.17) is 77.7 Å². The Bertz CT molecular complexity index is 9700. The van der Waals surface area contributed by atoms with Gasteiger partial charge in [0.1, 0.15) is 0 Å². The van der Waals surface area contributed by atoms with E-state index in [1.165, 1.54) is 36.4 Å². The summed E-state index contributed by atoms with van der Waals surface area (Å²) in [4.78, 5) is 64.4. The van der Waals surface area contributed by atoms with Crippen LogP contribution in [0.25, 0.3) is 257 Å². The van der Waals surface area contributed by atoms with E-state index in [0.717, 1.165) is 144 Å². The van der Waals surface area contributed by atoms with Crippen molar-refractivity contribution in [2.75, 3.05) is 0 Å². The number of hydrogen-bond acceptors (Lipinski definition) is 10. The predicted molar refractivity (Wildman–Crippen MR) is 568 cm³/mol. The van der Waals surface area contributed by atoms with Crippen molar-refractivity contribution in [3.05, 3.63) is 479 Å². The van der Waals surface area contributed by atoms with E-state index < -0.39 is 40.9 Å². The van der Waals surface area contributed by atoms with Crippen LogP contribution in [0.1, 0.15) is 23.1 Å². The number of aryl methyl sites for hydroxylation is 1. The van der Waals surface area contributed by atoms with Crippen molar-refractivity contribution in [1.82, 2.24) is 44.9 Å². The summed E-state index contributed by atoms with van der Waals surface area (Å²) in [5, 5.41) is 16.7. The third kappa shape index (κ3) is 16.6. The standard InChI is InChI=1S/C42H26F2N4.C42H22N6.C41H19F4N5/c1-25-21-30(23-31(22-25)42(43)44)26-17-19-29(20-18-26)37-33-24-35(45-2)40-41(36(33)32-15-9-10-16-34(32)46-37)48-39(28-13-7-4-8-14-28)38(47-40)27-11-5-3-6-12-27;1-44-32-22-26(25-43)21-31(23-32)27-17-19-30(20-18-27)38-34-24-36(45-2)41-42(37(34)33-15-9-10-16-35(33)46-38)48-40(29-13-7-4-8-14-29)39(47-41)28-11-5-3-6-12-28;1-46-29-21-27-31(40-39(29)49-37(23-11-5-3-6-12-23)38(50-40)24-13-7-4-8-14-24)26-15-9-10-16-28(26)48-36(27)25-19-17-22(18-20-25)30-32(42)34(44)41(47-2)35(45)33(30)43/h3-24,42H,1H3;3-24H;3-21H. The first-order valence-electron chi connectivity index (χ1n) is 46.1. The number of hydrogen-bond donors (Lipinski definition) is 0. The van der Waals surface area contributed by atoms with E-state index in [-0.39, 0.29) is 16.8 Å². The number of benzene rings is 18. The Kier molecular flexibility index (Phi) is 23.8. The van der Waals surface area contributed by atoms with Gasteiger partial charge < -0.3 is 0 Å². The summed E-state index contributed by atoms with van der Waals surface area (Å²) in [6.07, 6.45) is -2.54. The third-order valence-corrected chi connectivity index (χ3v) is 25.7. The predicted octanol–water partition coefficient (Wildman–Crippen LogP) is 34.4. The van der Waals surface area contributed by atoms with Gasteiger partial charge in [-0.25, -0.2) is 80.5 Å². The minimum atomic E-state index is -2.54. The van der Waals surface area contributed by atoms with E-state index in [1.54, 1.807) is 24.3 Å². The molecule has 146 heavy (non-hydrogen) atoms. The van der Waals surface area contributed by atoms with Crippen LogP contribution in [0.2, 0.25) is 0 Å². The van der Waals surface area contributed by atoms with Crippen LogP contribution >= 0.6 is 0 Å². The molecule has 0 unspecified atom stereocenters. The van der Waals surface area contributed by atoms with Gasteiger partial charge in [-0.1, -0.05) is 327 Å². The Morgan fingerprint density at radius 3 is 0.822 bits per heavy atom. The van der Waals surface area contributed by atoms with E-state index in [9.17, 15) is 31.6 Å². The second-order valence-corrected chi connectivity index (χ2v) is 34.5. The zero-order valence-electron chi connectivity index (χ0n) is 76.9. The highest BCUT2D eigenvalue weighted by atomic mass is 19.3. The zero-order chi connectivity index (χ0) is 99.9. The SMILES string of the molecule is [C-]#[N+]c1c(F)c(F)c(-c2ccc(-c3nc4ccccc4c4c3cc([N+]#[C-])c3nc(-c5ccccc5)c(-c5ccccc5)nc34)cc2)c(F)c1F.[C-]#[N+]c1cc(C#N)cc(-c2ccc(-c3nc4ccccc4c4c3cc([N+]#[C-])c3nc(-c5ccccc5)c(-c5ccccc5)nc34)cc2)c1.[C-]#[N+]c1cc2c(-c3ccc(-c4cc(C)cc(C(F)F)c4)cc3)nc3ccccc3c2c2nc(-c3ccccc3)c(-c3ccccc3)nc12. The highest BCUT2D eigenvalue weighted by molar-refractivity contribution is 6.27. The fourth-order valence-corrected chi connectivity index (χ4v) is 19.0. The summed E-state index contributed by atoms with van der Waals surface area (Å²) in [6, 6.07) is 122. The summed E-state index contributed by atoms with van der Waals surface area (Å²) in [5.41, 5.74) is 22.6. The molecule has 0 saturated carbocycles. The van der Waals surface area contributed by atoms with Gasteiger partial charge in [0.2, 0.25) is 17.1 Å². The molecule has 0 N–H and O–H groups in total. The molecule has 15 nitrogen and oxygen atoms in total. The van der Waals surface area contributed by atoms with E-state index in [0.29, 0.717) is 106 Å². The minimum Gasteiger partial charge on any atom is -0.255 e. The molecule has 6 aromatic heterocycles. The molecule has 21 heteroatoms. The monoisotopic (exact) mass is 1890 g/mol. The average molecular weight is 1890 g/mol. The molecular weight excluding hydrogens is 1830 g/mol. The smallest absolute Gasteiger partial charge is 0.255 e. The van der Waals surface area contributed by atoms with Crippen LogP contribution in [0.15, 0.2) is 382 Å². The van der Waals surface area contributed by atoms with Crippen LogP contribution in [-0.2, 0) is 0 Å². The Morgan fingerprint density at radius 1 is 0.247 bits per heavy atom. The summed E-state index contributed by atoms with van der Waals surface area (Å²) >= 11 is 0.